The third-order valence-corrected chi connectivity index (χ3v) is 3.46. The molecule has 0 aliphatic carbocycles. The molecule has 2 nitrogen and oxygen atoms in total. The number of halogens is 2. The van der Waals surface area contributed by atoms with Gasteiger partial charge in [0.1, 0.15) is 5.75 Å². The third-order valence-electron chi connectivity index (χ3n) is 2.55. The Morgan fingerprint density at radius 2 is 2.11 bits per heavy atom. The number of hydrogen-bond acceptors (Lipinski definition) is 2. The minimum Gasteiger partial charge on any atom is -0.492 e. The zero-order chi connectivity index (χ0) is 12.8. The van der Waals surface area contributed by atoms with Crippen molar-refractivity contribution >= 4 is 27.5 Å². The van der Waals surface area contributed by atoms with Crippen molar-refractivity contribution in [2.75, 3.05) is 6.61 Å². The fraction of sp³-hybridized carbons (Fsp3) is 0.214. The summed E-state index contributed by atoms with van der Waals surface area (Å²) in [7, 11) is 0. The van der Waals surface area contributed by atoms with E-state index in [0.717, 1.165) is 27.8 Å². The predicted molar refractivity (Wildman–Crippen MR) is 77.1 cm³/mol. The zero-order valence-corrected chi connectivity index (χ0v) is 12.1. The highest BCUT2D eigenvalue weighted by Crippen LogP contribution is 2.30. The van der Waals surface area contributed by atoms with Crippen LogP contribution in [0.15, 0.2) is 47.2 Å². The van der Waals surface area contributed by atoms with Crippen molar-refractivity contribution in [1.82, 2.24) is 4.98 Å². The molecule has 18 heavy (non-hydrogen) atoms. The number of hydrogen-bond donors (Lipinski definition) is 0. The molecule has 94 valence electrons. The van der Waals surface area contributed by atoms with E-state index in [1.54, 1.807) is 6.20 Å². The van der Waals surface area contributed by atoms with Crippen molar-refractivity contribution in [3.05, 3.63) is 58.3 Å². The van der Waals surface area contributed by atoms with Crippen LogP contribution in [-0.2, 0) is 12.3 Å². The first-order valence-electron chi connectivity index (χ1n) is 5.66. The summed E-state index contributed by atoms with van der Waals surface area (Å²) in [6, 6.07) is 9.85. The second-order valence-electron chi connectivity index (χ2n) is 3.82. The minimum atomic E-state index is 0.446. The predicted octanol–water partition coefficient (Wildman–Crippen LogP) is 4.20. The van der Waals surface area contributed by atoms with Gasteiger partial charge in [0.15, 0.2) is 0 Å². The maximum absolute atomic E-state index is 5.89. The summed E-state index contributed by atoms with van der Waals surface area (Å²) in [6.07, 6.45) is 4.45. The van der Waals surface area contributed by atoms with Crippen LogP contribution < -0.4 is 4.74 Å². The SMILES string of the molecule is ClCc1cccc(Br)c1OCCc1cccnc1. The van der Waals surface area contributed by atoms with Crippen LogP contribution in [0.3, 0.4) is 0 Å². The molecule has 1 aromatic carbocycles. The molecule has 2 rings (SSSR count). The maximum atomic E-state index is 5.89. The second-order valence-corrected chi connectivity index (χ2v) is 4.94. The lowest BCUT2D eigenvalue weighted by Crippen LogP contribution is -2.03. The zero-order valence-electron chi connectivity index (χ0n) is 9.77. The van der Waals surface area contributed by atoms with Gasteiger partial charge in [-0.05, 0) is 33.6 Å². The summed E-state index contributed by atoms with van der Waals surface area (Å²) in [5.74, 6) is 1.28. The smallest absolute Gasteiger partial charge is 0.137 e. The topological polar surface area (TPSA) is 22.1 Å². The molecule has 0 unspecified atom stereocenters. The van der Waals surface area contributed by atoms with Crippen LogP contribution in [-0.4, -0.2) is 11.6 Å². The van der Waals surface area contributed by atoms with Gasteiger partial charge in [-0.25, -0.2) is 0 Å². The molecule has 0 aliphatic heterocycles. The highest BCUT2D eigenvalue weighted by Gasteiger charge is 2.07. The monoisotopic (exact) mass is 325 g/mol. The van der Waals surface area contributed by atoms with Crippen LogP contribution in [0, 0.1) is 0 Å². The van der Waals surface area contributed by atoms with Crippen LogP contribution in [0.25, 0.3) is 0 Å². The number of ether oxygens (including phenoxy) is 1. The Morgan fingerprint density at radius 3 is 2.83 bits per heavy atom. The Bertz CT molecular complexity index is 504. The molecule has 2 aromatic rings. The molecule has 0 amide bonds. The summed E-state index contributed by atoms with van der Waals surface area (Å²) < 4.78 is 6.74. The average Bonchev–Trinajstić information content (AvgIpc) is 2.41. The lowest BCUT2D eigenvalue weighted by atomic mass is 10.2. The second kappa shape index (κ2) is 6.76. The van der Waals surface area contributed by atoms with Crippen molar-refractivity contribution in [2.24, 2.45) is 0 Å². The van der Waals surface area contributed by atoms with E-state index in [1.165, 1.54) is 0 Å². The first kappa shape index (κ1) is 13.4. The molecule has 0 fully saturated rings. The number of para-hydroxylation sites is 1. The average molecular weight is 327 g/mol. The Labute approximate surface area is 120 Å². The van der Waals surface area contributed by atoms with Crippen molar-refractivity contribution in [1.29, 1.82) is 0 Å². The number of pyridine rings is 1. The van der Waals surface area contributed by atoms with E-state index in [9.17, 15) is 0 Å². The van der Waals surface area contributed by atoms with Gasteiger partial charge in [-0.3, -0.25) is 4.98 Å². The van der Waals surface area contributed by atoms with E-state index in [2.05, 4.69) is 20.9 Å². The van der Waals surface area contributed by atoms with E-state index in [-0.39, 0.29) is 0 Å². The van der Waals surface area contributed by atoms with Crippen molar-refractivity contribution in [3.63, 3.8) is 0 Å². The highest BCUT2D eigenvalue weighted by atomic mass is 79.9. The van der Waals surface area contributed by atoms with E-state index >= 15 is 0 Å². The van der Waals surface area contributed by atoms with Gasteiger partial charge in [-0.15, -0.1) is 11.6 Å². The minimum absolute atomic E-state index is 0.446. The molecule has 4 heteroatoms. The first-order valence-corrected chi connectivity index (χ1v) is 6.99. The number of alkyl halides is 1. The molecule has 0 aliphatic rings. The Kier molecular flexibility index (Phi) is 5.02. The lowest BCUT2D eigenvalue weighted by Gasteiger charge is -2.11. The molecular formula is C14H13BrClNO. The summed E-state index contributed by atoms with van der Waals surface area (Å²) >= 11 is 9.37. The summed E-state index contributed by atoms with van der Waals surface area (Å²) in [5, 5.41) is 0. The van der Waals surface area contributed by atoms with Gasteiger partial charge in [0.05, 0.1) is 17.0 Å². The van der Waals surface area contributed by atoms with Gasteiger partial charge in [-0.1, -0.05) is 18.2 Å². The van der Waals surface area contributed by atoms with E-state index in [0.29, 0.717) is 12.5 Å². The molecule has 0 bridgehead atoms. The van der Waals surface area contributed by atoms with E-state index < -0.39 is 0 Å². The molecule has 0 saturated heterocycles. The van der Waals surface area contributed by atoms with Gasteiger partial charge < -0.3 is 4.74 Å². The Balaban J connectivity index is 1.98. The number of nitrogens with zero attached hydrogens (tertiary/aromatic N) is 1. The Hall–Kier alpha value is -1.06. The molecule has 0 atom stereocenters. The fourth-order valence-corrected chi connectivity index (χ4v) is 2.37. The van der Waals surface area contributed by atoms with Crippen LogP contribution in [0.2, 0.25) is 0 Å². The van der Waals surface area contributed by atoms with Crippen molar-refractivity contribution in [2.45, 2.75) is 12.3 Å². The van der Waals surface area contributed by atoms with Crippen LogP contribution >= 0.6 is 27.5 Å². The van der Waals surface area contributed by atoms with Gasteiger partial charge in [-0.2, -0.15) is 0 Å². The molecule has 0 N–H and O–H groups in total. The lowest BCUT2D eigenvalue weighted by molar-refractivity contribution is 0.317. The summed E-state index contributed by atoms with van der Waals surface area (Å²) in [6.45, 7) is 0.609. The largest absolute Gasteiger partial charge is 0.492 e. The quantitative estimate of drug-likeness (QED) is 0.768. The van der Waals surface area contributed by atoms with Gasteiger partial charge in [0, 0.05) is 24.4 Å². The molecule has 0 spiro atoms. The number of rotatable bonds is 5. The molecule has 1 aromatic heterocycles. The summed E-state index contributed by atoms with van der Waals surface area (Å²) in [5.41, 5.74) is 2.16. The number of benzene rings is 1. The van der Waals surface area contributed by atoms with Gasteiger partial charge >= 0.3 is 0 Å². The van der Waals surface area contributed by atoms with Crippen molar-refractivity contribution < 1.29 is 4.74 Å². The Morgan fingerprint density at radius 1 is 1.22 bits per heavy atom. The van der Waals surface area contributed by atoms with Crippen LogP contribution in [0.4, 0.5) is 0 Å². The standard InChI is InChI=1S/C14H13BrClNO/c15-13-5-1-4-12(9-16)14(13)18-8-6-11-3-2-7-17-10-11/h1-5,7,10H,6,8-9H2. The van der Waals surface area contributed by atoms with Gasteiger partial charge in [0.25, 0.3) is 0 Å². The fourth-order valence-electron chi connectivity index (χ4n) is 1.64. The van der Waals surface area contributed by atoms with Gasteiger partial charge in [0.2, 0.25) is 0 Å². The molecular weight excluding hydrogens is 314 g/mol. The highest BCUT2D eigenvalue weighted by molar-refractivity contribution is 9.10. The normalized spacial score (nSPS) is 10.3. The van der Waals surface area contributed by atoms with Crippen LogP contribution in [0.1, 0.15) is 11.1 Å². The van der Waals surface area contributed by atoms with Crippen LogP contribution in [0.5, 0.6) is 5.75 Å². The van der Waals surface area contributed by atoms with E-state index in [4.69, 9.17) is 16.3 Å². The summed E-state index contributed by atoms with van der Waals surface area (Å²) in [4.78, 5) is 4.08. The molecule has 0 radical (unpaired) electrons. The molecule has 0 saturated carbocycles. The first-order chi connectivity index (χ1) is 8.81. The molecule has 1 heterocycles. The number of aromatic nitrogens is 1. The maximum Gasteiger partial charge on any atom is 0.137 e. The third kappa shape index (κ3) is 3.47. The van der Waals surface area contributed by atoms with E-state index in [1.807, 2.05) is 36.5 Å². The van der Waals surface area contributed by atoms with Crippen molar-refractivity contribution in [3.8, 4) is 5.75 Å².